The Labute approximate surface area is 199 Å². The monoisotopic (exact) mass is 462 g/mol. The normalized spacial score (nSPS) is 15.3. The number of carbonyl (C=O) groups excluding carboxylic acids is 2. The average molecular weight is 463 g/mol. The van der Waals surface area contributed by atoms with E-state index in [4.69, 9.17) is 0 Å². The summed E-state index contributed by atoms with van der Waals surface area (Å²) in [6.07, 6.45) is 5.15. The third-order valence-electron chi connectivity index (χ3n) is 6.43. The van der Waals surface area contributed by atoms with E-state index < -0.39 is 0 Å². The highest BCUT2D eigenvalue weighted by Gasteiger charge is 2.31. The van der Waals surface area contributed by atoms with Crippen LogP contribution in [0.3, 0.4) is 0 Å². The van der Waals surface area contributed by atoms with Crippen molar-refractivity contribution in [3.8, 4) is 10.6 Å². The number of carbonyl (C=O) groups is 2. The van der Waals surface area contributed by atoms with Gasteiger partial charge in [-0.15, -0.1) is 11.3 Å². The topological polar surface area (TPSA) is 75.2 Å². The number of likely N-dealkylation sites (tertiary alicyclic amines) is 1. The molecule has 2 amide bonds. The Bertz CT molecular complexity index is 1100. The van der Waals surface area contributed by atoms with Gasteiger partial charge in [-0.3, -0.25) is 14.6 Å². The molecule has 172 valence electrons. The van der Waals surface area contributed by atoms with E-state index >= 15 is 0 Å². The highest BCUT2D eigenvalue weighted by atomic mass is 32.1. The van der Waals surface area contributed by atoms with E-state index in [2.05, 4.69) is 34.3 Å². The first-order valence-electron chi connectivity index (χ1n) is 11.4. The van der Waals surface area contributed by atoms with Crippen LogP contribution in [-0.2, 0) is 11.3 Å². The van der Waals surface area contributed by atoms with Crippen LogP contribution < -0.4 is 5.32 Å². The van der Waals surface area contributed by atoms with Crippen LogP contribution in [0, 0.1) is 25.7 Å². The molecule has 2 aromatic heterocycles. The number of nitrogens with one attached hydrogen (secondary N) is 1. The van der Waals surface area contributed by atoms with Gasteiger partial charge in [0.15, 0.2) is 0 Å². The van der Waals surface area contributed by atoms with Gasteiger partial charge in [0.05, 0.1) is 5.69 Å². The predicted octanol–water partition coefficient (Wildman–Crippen LogP) is 4.63. The van der Waals surface area contributed by atoms with Crippen molar-refractivity contribution in [1.29, 1.82) is 0 Å². The first-order valence-corrected chi connectivity index (χ1v) is 12.2. The molecular formula is C26H30N4O2S. The molecule has 1 aromatic carbocycles. The van der Waals surface area contributed by atoms with Gasteiger partial charge in [0, 0.05) is 43.5 Å². The summed E-state index contributed by atoms with van der Waals surface area (Å²) in [4.78, 5) is 37.2. The Morgan fingerprint density at radius 1 is 1.15 bits per heavy atom. The Hall–Kier alpha value is -3.06. The molecule has 1 atom stereocenters. The lowest BCUT2D eigenvalue weighted by Crippen LogP contribution is -2.42. The van der Waals surface area contributed by atoms with Crippen LogP contribution in [0.1, 0.15) is 46.3 Å². The third kappa shape index (κ3) is 5.47. The maximum Gasteiger partial charge on any atom is 0.265 e. The van der Waals surface area contributed by atoms with Gasteiger partial charge < -0.3 is 10.2 Å². The quantitative estimate of drug-likeness (QED) is 0.580. The van der Waals surface area contributed by atoms with Crippen LogP contribution >= 0.6 is 11.3 Å². The van der Waals surface area contributed by atoms with Crippen LogP contribution in [0.5, 0.6) is 0 Å². The van der Waals surface area contributed by atoms with E-state index in [1.54, 1.807) is 12.4 Å². The number of nitrogens with zero attached hydrogens (tertiary/aromatic N) is 3. The Balaban J connectivity index is 1.32. The molecule has 33 heavy (non-hydrogen) atoms. The Morgan fingerprint density at radius 2 is 1.88 bits per heavy atom. The second-order valence-electron chi connectivity index (χ2n) is 8.80. The van der Waals surface area contributed by atoms with Crippen LogP contribution in [0.4, 0.5) is 0 Å². The number of hydrogen-bond donors (Lipinski definition) is 1. The molecule has 1 fully saturated rings. The van der Waals surface area contributed by atoms with Gasteiger partial charge >= 0.3 is 0 Å². The number of aromatic nitrogens is 2. The van der Waals surface area contributed by atoms with E-state index in [1.165, 1.54) is 16.9 Å². The minimum absolute atomic E-state index is 0.0514. The van der Waals surface area contributed by atoms with Crippen LogP contribution in [0.2, 0.25) is 0 Å². The minimum Gasteiger partial charge on any atom is -0.352 e. The minimum atomic E-state index is -0.0859. The molecule has 0 radical (unpaired) electrons. The van der Waals surface area contributed by atoms with Crippen molar-refractivity contribution >= 4 is 23.2 Å². The van der Waals surface area contributed by atoms with E-state index in [0.717, 1.165) is 34.7 Å². The standard InChI is InChI=1S/C26H30N4O2S/c1-17-6-8-22(9-7-17)25-29-19(3)23(33-25)26(32)30-13-10-21(11-14-30)18(2)24(31)28-16-20-5-4-12-27-15-20/h4-9,12,15,18,21H,10-11,13-14,16H2,1-3H3,(H,28,31). The molecule has 6 nitrogen and oxygen atoms in total. The summed E-state index contributed by atoms with van der Waals surface area (Å²) in [6, 6.07) is 12.0. The molecule has 1 N–H and O–H groups in total. The first kappa shape index (κ1) is 23.1. The molecular weight excluding hydrogens is 432 g/mol. The number of hydrogen-bond acceptors (Lipinski definition) is 5. The second-order valence-corrected chi connectivity index (χ2v) is 9.80. The lowest BCUT2D eigenvalue weighted by atomic mass is 9.84. The molecule has 0 spiro atoms. The third-order valence-corrected chi connectivity index (χ3v) is 7.62. The zero-order valence-corrected chi connectivity index (χ0v) is 20.2. The van der Waals surface area contributed by atoms with Crippen molar-refractivity contribution in [2.24, 2.45) is 11.8 Å². The number of amides is 2. The smallest absolute Gasteiger partial charge is 0.265 e. The van der Waals surface area contributed by atoms with Gasteiger partial charge in [-0.1, -0.05) is 42.8 Å². The lowest BCUT2D eigenvalue weighted by molar-refractivity contribution is -0.126. The summed E-state index contributed by atoms with van der Waals surface area (Å²) < 4.78 is 0. The van der Waals surface area contributed by atoms with Crippen LogP contribution in [0.25, 0.3) is 10.6 Å². The number of rotatable bonds is 6. The largest absolute Gasteiger partial charge is 0.352 e. The zero-order chi connectivity index (χ0) is 23.4. The van der Waals surface area contributed by atoms with Gasteiger partial charge in [0.2, 0.25) is 5.91 Å². The molecule has 1 unspecified atom stereocenters. The van der Waals surface area contributed by atoms with Crippen LogP contribution in [0.15, 0.2) is 48.8 Å². The van der Waals surface area contributed by atoms with Crippen molar-refractivity contribution in [2.75, 3.05) is 13.1 Å². The second kappa shape index (κ2) is 10.3. The highest BCUT2D eigenvalue weighted by Crippen LogP contribution is 2.31. The summed E-state index contributed by atoms with van der Waals surface area (Å²) in [5.41, 5.74) is 4.01. The van der Waals surface area contributed by atoms with E-state index in [0.29, 0.717) is 24.5 Å². The summed E-state index contributed by atoms with van der Waals surface area (Å²) in [7, 11) is 0. The fraction of sp³-hybridized carbons (Fsp3) is 0.385. The molecule has 0 bridgehead atoms. The average Bonchev–Trinajstić information content (AvgIpc) is 3.24. The summed E-state index contributed by atoms with van der Waals surface area (Å²) in [5, 5.41) is 3.90. The maximum atomic E-state index is 13.2. The molecule has 1 saturated heterocycles. The molecule has 0 aliphatic carbocycles. The fourth-order valence-electron chi connectivity index (χ4n) is 4.23. The van der Waals surface area contributed by atoms with Gasteiger partial charge in [0.25, 0.3) is 5.91 Å². The van der Waals surface area contributed by atoms with Gasteiger partial charge in [-0.05, 0) is 44.2 Å². The number of benzene rings is 1. The molecule has 0 saturated carbocycles. The SMILES string of the molecule is Cc1ccc(-c2nc(C)c(C(=O)N3CCC(C(C)C(=O)NCc4cccnc4)CC3)s2)cc1. The fourth-order valence-corrected chi connectivity index (χ4v) is 5.27. The lowest BCUT2D eigenvalue weighted by Gasteiger charge is -2.34. The summed E-state index contributed by atoms with van der Waals surface area (Å²) in [6.45, 7) is 7.77. The predicted molar refractivity (Wildman–Crippen MR) is 131 cm³/mol. The highest BCUT2D eigenvalue weighted by molar-refractivity contribution is 7.17. The Morgan fingerprint density at radius 3 is 2.55 bits per heavy atom. The van der Waals surface area contributed by atoms with Crippen molar-refractivity contribution in [2.45, 2.75) is 40.2 Å². The number of pyridine rings is 1. The molecule has 1 aliphatic heterocycles. The summed E-state index contributed by atoms with van der Waals surface area (Å²) >= 11 is 1.47. The molecule has 4 rings (SSSR count). The van der Waals surface area contributed by atoms with Gasteiger partial charge in [-0.2, -0.15) is 0 Å². The first-order chi connectivity index (χ1) is 15.9. The number of piperidine rings is 1. The molecule has 3 heterocycles. The van der Waals surface area contributed by atoms with Crippen molar-refractivity contribution < 1.29 is 9.59 Å². The maximum absolute atomic E-state index is 13.2. The number of thiazole rings is 1. The van der Waals surface area contributed by atoms with E-state index in [9.17, 15) is 9.59 Å². The molecule has 3 aromatic rings. The molecule has 7 heteroatoms. The summed E-state index contributed by atoms with van der Waals surface area (Å²) in [5.74, 6) is 0.297. The van der Waals surface area contributed by atoms with Gasteiger partial charge in [0.1, 0.15) is 9.88 Å². The van der Waals surface area contributed by atoms with Crippen LogP contribution in [-0.4, -0.2) is 39.8 Å². The van der Waals surface area contributed by atoms with Gasteiger partial charge in [-0.25, -0.2) is 4.98 Å². The van der Waals surface area contributed by atoms with Crippen molar-refractivity contribution in [3.05, 3.63) is 70.5 Å². The van der Waals surface area contributed by atoms with E-state index in [1.807, 2.05) is 43.0 Å². The van der Waals surface area contributed by atoms with E-state index in [-0.39, 0.29) is 23.7 Å². The zero-order valence-electron chi connectivity index (χ0n) is 19.4. The Kier molecular flexibility index (Phi) is 7.18. The number of aryl methyl sites for hydroxylation is 2. The molecule has 1 aliphatic rings. The van der Waals surface area contributed by atoms with Crippen molar-refractivity contribution in [1.82, 2.24) is 20.2 Å². The van der Waals surface area contributed by atoms with Crippen molar-refractivity contribution in [3.63, 3.8) is 0 Å².